The quantitative estimate of drug-likeness (QED) is 0.645. The number of hydrogen-bond acceptors (Lipinski definition) is 5. The molecule has 8 heteroatoms. The number of aromatic nitrogens is 3. The molecule has 160 valence electrons. The van der Waals surface area contributed by atoms with Gasteiger partial charge in [-0.25, -0.2) is 9.07 Å². The van der Waals surface area contributed by atoms with Crippen LogP contribution >= 0.6 is 0 Å². The number of morpholine rings is 1. The zero-order valence-corrected chi connectivity index (χ0v) is 17.4. The minimum atomic E-state index is -0.378. The molecule has 1 atom stereocenters. The van der Waals surface area contributed by atoms with Crippen LogP contribution in [0.15, 0.2) is 53.3 Å². The Morgan fingerprint density at radius 3 is 2.81 bits per heavy atom. The molecule has 3 aromatic rings. The van der Waals surface area contributed by atoms with Gasteiger partial charge in [0.2, 0.25) is 0 Å². The maximum Gasteiger partial charge on any atom is 0.274 e. The fourth-order valence-corrected chi connectivity index (χ4v) is 3.71. The molecule has 0 N–H and O–H groups in total. The Morgan fingerprint density at radius 1 is 1.19 bits per heavy atom. The molecule has 0 saturated carbocycles. The molecule has 1 aliphatic heterocycles. The molecule has 7 nitrogen and oxygen atoms in total. The molecule has 1 aromatic carbocycles. The highest BCUT2D eigenvalue weighted by atomic mass is 19.1. The Labute approximate surface area is 179 Å². The number of benzene rings is 1. The summed E-state index contributed by atoms with van der Waals surface area (Å²) >= 11 is 0. The van der Waals surface area contributed by atoms with Crippen LogP contribution in [0.4, 0.5) is 4.39 Å². The van der Waals surface area contributed by atoms with Crippen molar-refractivity contribution in [1.29, 1.82) is 0 Å². The van der Waals surface area contributed by atoms with E-state index in [0.29, 0.717) is 26.1 Å². The number of pyridine rings is 1. The Morgan fingerprint density at radius 2 is 2.03 bits per heavy atom. The summed E-state index contributed by atoms with van der Waals surface area (Å²) in [5, 5.41) is 4.05. The predicted octanol–water partition coefficient (Wildman–Crippen LogP) is 2.43. The summed E-state index contributed by atoms with van der Waals surface area (Å²) < 4.78 is 20.6. The van der Waals surface area contributed by atoms with E-state index < -0.39 is 0 Å². The number of halogens is 1. The van der Waals surface area contributed by atoms with Crippen LogP contribution in [0, 0.1) is 12.7 Å². The number of rotatable bonds is 4. The maximum atomic E-state index is 13.5. The first-order valence-corrected chi connectivity index (χ1v) is 10.1. The van der Waals surface area contributed by atoms with Crippen LogP contribution in [-0.4, -0.2) is 45.3 Å². The summed E-state index contributed by atoms with van der Waals surface area (Å²) in [5.74, 6) is -0.517. The van der Waals surface area contributed by atoms with Gasteiger partial charge in [-0.15, -0.1) is 0 Å². The number of ether oxygens (including phenoxy) is 1. The second-order valence-corrected chi connectivity index (χ2v) is 7.64. The first-order valence-electron chi connectivity index (χ1n) is 10.1. The fourth-order valence-electron chi connectivity index (χ4n) is 3.71. The van der Waals surface area contributed by atoms with Crippen molar-refractivity contribution in [2.45, 2.75) is 19.4 Å². The molecule has 1 unspecified atom stereocenters. The minimum Gasteiger partial charge on any atom is -0.368 e. The molecule has 1 aliphatic rings. The van der Waals surface area contributed by atoms with E-state index in [1.54, 1.807) is 11.0 Å². The van der Waals surface area contributed by atoms with E-state index in [0.717, 1.165) is 27.2 Å². The zero-order chi connectivity index (χ0) is 22.0. The average molecular weight is 422 g/mol. The summed E-state index contributed by atoms with van der Waals surface area (Å²) in [6.07, 6.45) is 0.197. The Kier molecular flexibility index (Phi) is 5.90. The number of hydrogen-bond donors (Lipinski definition) is 0. The van der Waals surface area contributed by atoms with Gasteiger partial charge in [0, 0.05) is 25.4 Å². The van der Waals surface area contributed by atoms with E-state index in [1.165, 1.54) is 31.3 Å². The van der Waals surface area contributed by atoms with Gasteiger partial charge >= 0.3 is 0 Å². The summed E-state index contributed by atoms with van der Waals surface area (Å²) in [6, 6.07) is 13.2. The number of nitrogens with zero attached hydrogens (tertiary/aromatic N) is 4. The lowest BCUT2D eigenvalue weighted by Gasteiger charge is -2.32. The van der Waals surface area contributed by atoms with Crippen molar-refractivity contribution in [2.24, 2.45) is 7.05 Å². The molecule has 1 amide bonds. The number of carbonyl (C=O) groups excluding carboxylic acids is 1. The lowest BCUT2D eigenvalue weighted by Crippen LogP contribution is -2.43. The van der Waals surface area contributed by atoms with Crippen LogP contribution in [0.5, 0.6) is 0 Å². The van der Waals surface area contributed by atoms with E-state index in [-0.39, 0.29) is 29.1 Å². The van der Waals surface area contributed by atoms with Crippen LogP contribution in [0.1, 0.15) is 39.1 Å². The lowest BCUT2D eigenvalue weighted by atomic mass is 10.0. The molecule has 0 aliphatic carbocycles. The molecular formula is C23H23FN4O3. The van der Waals surface area contributed by atoms with E-state index in [2.05, 4.69) is 10.1 Å². The molecule has 0 bridgehead atoms. The van der Waals surface area contributed by atoms with Gasteiger partial charge in [-0.05, 0) is 54.8 Å². The number of amides is 1. The average Bonchev–Trinajstić information content (AvgIpc) is 2.75. The minimum absolute atomic E-state index is 0.215. The highest BCUT2D eigenvalue weighted by molar-refractivity contribution is 5.92. The largest absolute Gasteiger partial charge is 0.368 e. The Hall–Kier alpha value is -3.39. The zero-order valence-electron chi connectivity index (χ0n) is 17.4. The molecule has 3 heterocycles. The van der Waals surface area contributed by atoms with Gasteiger partial charge in [0.1, 0.15) is 17.6 Å². The third kappa shape index (κ3) is 4.86. The van der Waals surface area contributed by atoms with Gasteiger partial charge in [0.05, 0.1) is 18.8 Å². The molecule has 31 heavy (non-hydrogen) atoms. The van der Waals surface area contributed by atoms with Crippen molar-refractivity contribution >= 4 is 5.91 Å². The lowest BCUT2D eigenvalue weighted by molar-refractivity contribution is -0.0250. The summed E-state index contributed by atoms with van der Waals surface area (Å²) in [6.45, 7) is 3.04. The van der Waals surface area contributed by atoms with E-state index in [1.807, 2.05) is 25.1 Å². The summed E-state index contributed by atoms with van der Waals surface area (Å²) in [7, 11) is 1.51. The monoisotopic (exact) mass is 422 g/mol. The van der Waals surface area contributed by atoms with Gasteiger partial charge in [-0.2, -0.15) is 5.10 Å². The van der Waals surface area contributed by atoms with Crippen molar-refractivity contribution in [3.05, 3.63) is 92.9 Å². The third-order valence-electron chi connectivity index (χ3n) is 5.19. The molecule has 1 fully saturated rings. The highest BCUT2D eigenvalue weighted by Crippen LogP contribution is 2.24. The van der Waals surface area contributed by atoms with Gasteiger partial charge in [-0.3, -0.25) is 14.6 Å². The first kappa shape index (κ1) is 20.9. The van der Waals surface area contributed by atoms with Crippen LogP contribution in [0.25, 0.3) is 0 Å². The molecule has 4 rings (SSSR count). The van der Waals surface area contributed by atoms with Crippen molar-refractivity contribution in [2.75, 3.05) is 19.7 Å². The number of aryl methyl sites for hydroxylation is 2. The van der Waals surface area contributed by atoms with Gasteiger partial charge < -0.3 is 9.64 Å². The molecule has 2 aromatic heterocycles. The standard InChI is InChI=1S/C23H23FN4O3/c1-15-10-17(11-16-4-3-5-18(24)12-16)13-20(25-15)21-14-28(8-9-31-21)23(30)19-6-7-22(29)27(2)26-19/h3-7,10,12-13,21H,8-9,11,14H2,1-2H3. The van der Waals surface area contributed by atoms with E-state index >= 15 is 0 Å². The van der Waals surface area contributed by atoms with Crippen molar-refractivity contribution in [3.63, 3.8) is 0 Å². The van der Waals surface area contributed by atoms with Crippen LogP contribution in [0.2, 0.25) is 0 Å². The van der Waals surface area contributed by atoms with Crippen molar-refractivity contribution in [1.82, 2.24) is 19.7 Å². The third-order valence-corrected chi connectivity index (χ3v) is 5.19. The van der Waals surface area contributed by atoms with Crippen LogP contribution in [-0.2, 0) is 18.2 Å². The fraction of sp³-hybridized carbons (Fsp3) is 0.304. The number of carbonyl (C=O) groups is 1. The topological polar surface area (TPSA) is 77.3 Å². The summed E-state index contributed by atoms with van der Waals surface area (Å²) in [4.78, 5) is 30.7. The van der Waals surface area contributed by atoms with Crippen molar-refractivity contribution in [3.8, 4) is 0 Å². The first-order chi connectivity index (χ1) is 14.9. The molecule has 1 saturated heterocycles. The summed E-state index contributed by atoms with van der Waals surface area (Å²) in [5.41, 5.74) is 3.38. The second kappa shape index (κ2) is 8.77. The molecule has 0 radical (unpaired) electrons. The highest BCUT2D eigenvalue weighted by Gasteiger charge is 2.28. The molecular weight excluding hydrogens is 399 g/mol. The van der Waals surface area contributed by atoms with Crippen LogP contribution < -0.4 is 5.56 Å². The second-order valence-electron chi connectivity index (χ2n) is 7.64. The normalized spacial score (nSPS) is 16.4. The molecule has 0 spiro atoms. The Bertz CT molecular complexity index is 1180. The van der Waals surface area contributed by atoms with E-state index in [4.69, 9.17) is 4.74 Å². The predicted molar refractivity (Wildman–Crippen MR) is 112 cm³/mol. The van der Waals surface area contributed by atoms with Gasteiger partial charge in [-0.1, -0.05) is 12.1 Å². The van der Waals surface area contributed by atoms with Crippen molar-refractivity contribution < 1.29 is 13.9 Å². The maximum absolute atomic E-state index is 13.5. The van der Waals surface area contributed by atoms with Crippen LogP contribution in [0.3, 0.4) is 0 Å². The smallest absolute Gasteiger partial charge is 0.274 e. The van der Waals surface area contributed by atoms with E-state index in [9.17, 15) is 14.0 Å². The van der Waals surface area contributed by atoms with Gasteiger partial charge in [0.25, 0.3) is 11.5 Å². The Balaban J connectivity index is 1.53. The van der Waals surface area contributed by atoms with Gasteiger partial charge in [0.15, 0.2) is 0 Å². The SMILES string of the molecule is Cc1cc(Cc2cccc(F)c2)cc(C2CN(C(=O)c3ccc(=O)n(C)n3)CCO2)n1.